The molecule has 10 heavy (non-hydrogen) atoms. The molecule has 60 valence electrons. The first-order valence-electron chi connectivity index (χ1n) is 3.58. The van der Waals surface area contributed by atoms with E-state index in [2.05, 4.69) is 0 Å². The third kappa shape index (κ3) is 1.94. The number of methoxy groups -OCH3 is 1. The van der Waals surface area contributed by atoms with Gasteiger partial charge in [-0.1, -0.05) is 0 Å². The van der Waals surface area contributed by atoms with E-state index >= 15 is 0 Å². The second-order valence-electron chi connectivity index (χ2n) is 2.68. The van der Waals surface area contributed by atoms with Crippen molar-refractivity contribution in [1.29, 1.82) is 0 Å². The number of aliphatic hydroxyl groups excluding tert-OH is 1. The molecule has 0 radical (unpaired) electrons. The van der Waals surface area contributed by atoms with Crippen molar-refractivity contribution in [2.75, 3.05) is 26.9 Å². The van der Waals surface area contributed by atoms with E-state index < -0.39 is 0 Å². The fourth-order valence-corrected chi connectivity index (χ4v) is 1.17. The van der Waals surface area contributed by atoms with Crippen LogP contribution in [0, 0.1) is 5.92 Å². The monoisotopic (exact) mass is 146 g/mol. The molecule has 1 fully saturated rings. The van der Waals surface area contributed by atoms with E-state index in [1.54, 1.807) is 7.11 Å². The van der Waals surface area contributed by atoms with Crippen LogP contribution in [0.15, 0.2) is 0 Å². The standard InChI is InChI=1S/C7H14O3/c1-9-7-2-6(3-8)4-10-5-7/h6-8H,2-5H2,1H3/t6-,7-/m1/s1. The summed E-state index contributed by atoms with van der Waals surface area (Å²) in [5.74, 6) is 0.277. The molecule has 3 nitrogen and oxygen atoms in total. The van der Waals surface area contributed by atoms with Gasteiger partial charge in [0.2, 0.25) is 0 Å². The normalized spacial score (nSPS) is 34.2. The first kappa shape index (κ1) is 7.98. The molecule has 1 rings (SSSR count). The highest BCUT2D eigenvalue weighted by molar-refractivity contribution is 4.69. The maximum atomic E-state index is 8.77. The number of aliphatic hydroxyl groups is 1. The van der Waals surface area contributed by atoms with Crippen molar-refractivity contribution in [1.82, 2.24) is 0 Å². The maximum absolute atomic E-state index is 8.77. The minimum absolute atomic E-state index is 0.186. The molecular weight excluding hydrogens is 132 g/mol. The second-order valence-corrected chi connectivity index (χ2v) is 2.68. The van der Waals surface area contributed by atoms with Crippen LogP contribution in [0.25, 0.3) is 0 Å². The second kappa shape index (κ2) is 3.91. The zero-order chi connectivity index (χ0) is 7.40. The number of hydrogen-bond donors (Lipinski definition) is 1. The summed E-state index contributed by atoms with van der Waals surface area (Å²) in [4.78, 5) is 0. The number of ether oxygens (including phenoxy) is 2. The molecule has 2 atom stereocenters. The summed E-state index contributed by atoms with van der Waals surface area (Å²) in [6.45, 7) is 1.56. The van der Waals surface area contributed by atoms with Crippen LogP contribution in [0.1, 0.15) is 6.42 Å². The molecule has 1 N–H and O–H groups in total. The van der Waals surface area contributed by atoms with Gasteiger partial charge in [-0.15, -0.1) is 0 Å². The number of hydrogen-bond acceptors (Lipinski definition) is 3. The SMILES string of the molecule is CO[C@H]1COC[C@@H](CO)C1. The first-order valence-corrected chi connectivity index (χ1v) is 3.58. The maximum Gasteiger partial charge on any atom is 0.0809 e. The number of rotatable bonds is 2. The first-order chi connectivity index (χ1) is 4.86. The Morgan fingerprint density at radius 2 is 2.40 bits per heavy atom. The van der Waals surface area contributed by atoms with E-state index in [-0.39, 0.29) is 18.6 Å². The van der Waals surface area contributed by atoms with Gasteiger partial charge < -0.3 is 14.6 Å². The summed E-state index contributed by atoms with van der Waals surface area (Å²) >= 11 is 0. The van der Waals surface area contributed by atoms with Crippen molar-refractivity contribution >= 4 is 0 Å². The Balaban J connectivity index is 2.25. The van der Waals surface area contributed by atoms with Crippen molar-refractivity contribution in [3.8, 4) is 0 Å². The molecule has 1 aliphatic rings. The van der Waals surface area contributed by atoms with E-state index in [0.29, 0.717) is 13.2 Å². The molecule has 0 saturated carbocycles. The van der Waals surface area contributed by atoms with Gasteiger partial charge >= 0.3 is 0 Å². The van der Waals surface area contributed by atoms with Crippen molar-refractivity contribution in [2.24, 2.45) is 5.92 Å². The van der Waals surface area contributed by atoms with Crippen LogP contribution < -0.4 is 0 Å². The van der Waals surface area contributed by atoms with Crippen molar-refractivity contribution in [3.63, 3.8) is 0 Å². The molecule has 1 heterocycles. The smallest absolute Gasteiger partial charge is 0.0809 e. The molecule has 0 spiro atoms. The Bertz CT molecular complexity index is 84.9. The van der Waals surface area contributed by atoms with Gasteiger partial charge in [-0.2, -0.15) is 0 Å². The predicted octanol–water partition coefficient (Wildman–Crippen LogP) is 0.0302. The van der Waals surface area contributed by atoms with Crippen LogP contribution in [0.3, 0.4) is 0 Å². The van der Waals surface area contributed by atoms with Crippen molar-refractivity contribution in [3.05, 3.63) is 0 Å². The van der Waals surface area contributed by atoms with E-state index in [1.165, 1.54) is 0 Å². The van der Waals surface area contributed by atoms with E-state index in [0.717, 1.165) is 6.42 Å². The van der Waals surface area contributed by atoms with Gasteiger partial charge in [0.15, 0.2) is 0 Å². The molecular formula is C7H14O3. The molecule has 0 aliphatic carbocycles. The van der Waals surface area contributed by atoms with Gasteiger partial charge in [0.25, 0.3) is 0 Å². The summed E-state index contributed by atoms with van der Waals surface area (Å²) < 4.78 is 10.3. The van der Waals surface area contributed by atoms with Gasteiger partial charge in [-0.05, 0) is 6.42 Å². The summed E-state index contributed by atoms with van der Waals surface area (Å²) in [6, 6.07) is 0. The van der Waals surface area contributed by atoms with E-state index in [9.17, 15) is 0 Å². The van der Waals surface area contributed by atoms with Gasteiger partial charge in [-0.3, -0.25) is 0 Å². The van der Waals surface area contributed by atoms with Crippen molar-refractivity contribution in [2.45, 2.75) is 12.5 Å². The average Bonchev–Trinajstić information content (AvgIpc) is 2.05. The Hall–Kier alpha value is -0.120. The van der Waals surface area contributed by atoms with Crippen LogP contribution in [-0.2, 0) is 9.47 Å². The van der Waals surface area contributed by atoms with E-state index in [1.807, 2.05) is 0 Å². The molecule has 1 saturated heterocycles. The molecule has 0 amide bonds. The van der Waals surface area contributed by atoms with Gasteiger partial charge in [0.05, 0.1) is 19.3 Å². The van der Waals surface area contributed by atoms with Crippen LogP contribution >= 0.6 is 0 Å². The zero-order valence-corrected chi connectivity index (χ0v) is 6.25. The fraction of sp³-hybridized carbons (Fsp3) is 1.00. The predicted molar refractivity (Wildman–Crippen MR) is 36.8 cm³/mol. The van der Waals surface area contributed by atoms with Crippen molar-refractivity contribution < 1.29 is 14.6 Å². The lowest BCUT2D eigenvalue weighted by molar-refractivity contribution is -0.0657. The molecule has 1 aliphatic heterocycles. The minimum atomic E-state index is 0.186. The lowest BCUT2D eigenvalue weighted by atomic mass is 10.0. The Morgan fingerprint density at radius 1 is 1.60 bits per heavy atom. The van der Waals surface area contributed by atoms with Crippen LogP contribution in [0.2, 0.25) is 0 Å². The highest BCUT2D eigenvalue weighted by atomic mass is 16.5. The van der Waals surface area contributed by atoms with Crippen LogP contribution in [-0.4, -0.2) is 38.1 Å². The molecule has 3 heteroatoms. The molecule has 0 aromatic heterocycles. The van der Waals surface area contributed by atoms with Crippen LogP contribution in [0.5, 0.6) is 0 Å². The van der Waals surface area contributed by atoms with Gasteiger partial charge in [0, 0.05) is 19.6 Å². The zero-order valence-electron chi connectivity index (χ0n) is 6.25. The highest BCUT2D eigenvalue weighted by Crippen LogP contribution is 2.15. The third-order valence-corrected chi connectivity index (χ3v) is 1.85. The van der Waals surface area contributed by atoms with Gasteiger partial charge in [-0.25, -0.2) is 0 Å². The topological polar surface area (TPSA) is 38.7 Å². The molecule has 0 bridgehead atoms. The van der Waals surface area contributed by atoms with Crippen LogP contribution in [0.4, 0.5) is 0 Å². The molecule has 0 unspecified atom stereocenters. The lowest BCUT2D eigenvalue weighted by Crippen LogP contribution is -2.32. The summed E-state index contributed by atoms with van der Waals surface area (Å²) in [5.41, 5.74) is 0. The summed E-state index contributed by atoms with van der Waals surface area (Å²) in [5, 5.41) is 8.77. The average molecular weight is 146 g/mol. The summed E-state index contributed by atoms with van der Waals surface area (Å²) in [7, 11) is 1.67. The quantitative estimate of drug-likeness (QED) is 0.597. The van der Waals surface area contributed by atoms with Gasteiger partial charge in [0.1, 0.15) is 0 Å². The molecule has 0 aromatic rings. The lowest BCUT2D eigenvalue weighted by Gasteiger charge is -2.26. The highest BCUT2D eigenvalue weighted by Gasteiger charge is 2.21. The Morgan fingerprint density at radius 3 is 3.00 bits per heavy atom. The molecule has 0 aromatic carbocycles. The largest absolute Gasteiger partial charge is 0.396 e. The Kier molecular flexibility index (Phi) is 3.12. The Labute approximate surface area is 60.9 Å². The third-order valence-electron chi connectivity index (χ3n) is 1.85. The fourth-order valence-electron chi connectivity index (χ4n) is 1.17. The summed E-state index contributed by atoms with van der Waals surface area (Å²) in [6.07, 6.45) is 1.11. The minimum Gasteiger partial charge on any atom is -0.396 e. The van der Waals surface area contributed by atoms with E-state index in [4.69, 9.17) is 14.6 Å².